The maximum atomic E-state index is 6.87. The van der Waals surface area contributed by atoms with E-state index in [1.807, 2.05) is 0 Å². The lowest BCUT2D eigenvalue weighted by molar-refractivity contribution is -0.0204. The van der Waals surface area contributed by atoms with Gasteiger partial charge in [0.2, 0.25) is 0 Å². The Hall–Kier alpha value is -0.863. The maximum absolute atomic E-state index is 6.87. The molecule has 0 spiro atoms. The van der Waals surface area contributed by atoms with Gasteiger partial charge in [-0.25, -0.2) is 0 Å². The third-order valence-electron chi connectivity index (χ3n) is 9.29. The fourth-order valence-electron chi connectivity index (χ4n) is 6.56. The number of benzene rings is 1. The van der Waals surface area contributed by atoms with E-state index in [2.05, 4.69) is 70.8 Å². The zero-order chi connectivity index (χ0) is 20.2. The van der Waals surface area contributed by atoms with Crippen LogP contribution in [-0.2, 0) is 16.3 Å². The Morgan fingerprint density at radius 3 is 2.57 bits per heavy atom. The van der Waals surface area contributed by atoms with Gasteiger partial charge in [0.25, 0.3) is 0 Å². The molecule has 1 aromatic rings. The molecule has 0 aromatic heterocycles. The number of fused-ring (bicyclic) bond motifs is 5. The Morgan fingerprint density at radius 1 is 1.11 bits per heavy atom. The number of allylic oxidation sites excluding steroid dienone is 1. The lowest BCUT2D eigenvalue weighted by atomic mass is 9.48. The van der Waals surface area contributed by atoms with Gasteiger partial charge >= 0.3 is 0 Å². The summed E-state index contributed by atoms with van der Waals surface area (Å²) in [6.45, 7) is 17.3. The summed E-state index contributed by atoms with van der Waals surface area (Å²) in [5, 5.41) is 0.293. The van der Waals surface area contributed by atoms with Crippen LogP contribution < -0.4 is 0 Å². The topological polar surface area (TPSA) is 9.23 Å². The molecule has 4 rings (SSSR count). The molecule has 0 bridgehead atoms. The van der Waals surface area contributed by atoms with Crippen molar-refractivity contribution in [3.63, 3.8) is 0 Å². The van der Waals surface area contributed by atoms with E-state index in [1.165, 1.54) is 44.9 Å². The van der Waals surface area contributed by atoms with Crippen molar-refractivity contribution in [1.29, 1.82) is 0 Å². The highest BCUT2D eigenvalue weighted by molar-refractivity contribution is 6.74. The van der Waals surface area contributed by atoms with Crippen LogP contribution in [-0.4, -0.2) is 14.9 Å². The Bertz CT molecular complexity index is 745. The van der Waals surface area contributed by atoms with Crippen LogP contribution in [0.2, 0.25) is 18.1 Å². The molecular formula is C26H40OSi. The fraction of sp³-hybridized carbons (Fsp3) is 0.692. The molecule has 0 aliphatic heterocycles. The number of hydrogen-bond donors (Lipinski definition) is 0. The van der Waals surface area contributed by atoms with E-state index in [4.69, 9.17) is 4.43 Å². The summed E-state index contributed by atoms with van der Waals surface area (Å²) in [4.78, 5) is 0. The fourth-order valence-corrected chi connectivity index (χ4v) is 7.64. The predicted octanol–water partition coefficient (Wildman–Crippen LogP) is 7.27. The molecule has 1 nitrogen and oxygen atoms in total. The molecule has 3 aliphatic carbocycles. The Labute approximate surface area is 174 Å². The van der Waals surface area contributed by atoms with Crippen molar-refractivity contribution in [2.75, 3.05) is 6.61 Å². The van der Waals surface area contributed by atoms with Crippen LogP contribution in [0.25, 0.3) is 0 Å². The van der Waals surface area contributed by atoms with E-state index in [0.717, 1.165) is 18.4 Å². The third-order valence-corrected chi connectivity index (χ3v) is 13.8. The number of hydrogen-bond acceptors (Lipinski definition) is 1. The molecule has 0 N–H and O–H groups in total. The average molecular weight is 397 g/mol. The summed E-state index contributed by atoms with van der Waals surface area (Å²) in [6, 6.07) is 9.21. The molecular weight excluding hydrogens is 356 g/mol. The first-order chi connectivity index (χ1) is 13.2. The third kappa shape index (κ3) is 2.98. The molecule has 0 heterocycles. The molecule has 1 aromatic carbocycles. The van der Waals surface area contributed by atoms with Crippen molar-refractivity contribution >= 4 is 8.32 Å². The van der Waals surface area contributed by atoms with Gasteiger partial charge in [-0.15, -0.1) is 6.58 Å². The van der Waals surface area contributed by atoms with Crippen LogP contribution in [0.5, 0.6) is 0 Å². The van der Waals surface area contributed by atoms with E-state index in [-0.39, 0.29) is 5.41 Å². The van der Waals surface area contributed by atoms with Crippen molar-refractivity contribution < 1.29 is 4.43 Å². The molecule has 2 heteroatoms. The molecule has 3 aliphatic rings. The second-order valence-corrected chi connectivity index (χ2v) is 16.3. The predicted molar refractivity (Wildman–Crippen MR) is 122 cm³/mol. The SMILES string of the molecule is C=C[C@]12CC[C@]3(CO[Si](C)(C)C(C)(C)C)CCC[C@H]3[C@@H]1CCc1ccccc12. The highest BCUT2D eigenvalue weighted by Gasteiger charge is 2.58. The monoisotopic (exact) mass is 396 g/mol. The smallest absolute Gasteiger partial charge is 0.192 e. The van der Waals surface area contributed by atoms with E-state index >= 15 is 0 Å². The van der Waals surface area contributed by atoms with Crippen LogP contribution in [0.4, 0.5) is 0 Å². The molecule has 2 saturated carbocycles. The van der Waals surface area contributed by atoms with Crippen molar-refractivity contribution in [2.24, 2.45) is 17.3 Å². The van der Waals surface area contributed by atoms with E-state index in [9.17, 15) is 0 Å². The van der Waals surface area contributed by atoms with Gasteiger partial charge in [0, 0.05) is 12.0 Å². The van der Waals surface area contributed by atoms with Gasteiger partial charge in [-0.1, -0.05) is 57.5 Å². The average Bonchev–Trinajstić information content (AvgIpc) is 3.09. The molecule has 0 radical (unpaired) electrons. The van der Waals surface area contributed by atoms with Crippen LogP contribution in [0.3, 0.4) is 0 Å². The van der Waals surface area contributed by atoms with Crippen molar-refractivity contribution in [3.8, 4) is 0 Å². The quantitative estimate of drug-likeness (QED) is 0.384. The summed E-state index contributed by atoms with van der Waals surface area (Å²) in [7, 11) is -1.70. The maximum Gasteiger partial charge on any atom is 0.192 e. The van der Waals surface area contributed by atoms with Crippen molar-refractivity contribution in [3.05, 3.63) is 48.0 Å². The van der Waals surface area contributed by atoms with E-state index in [1.54, 1.807) is 11.1 Å². The molecule has 0 saturated heterocycles. The first-order valence-electron chi connectivity index (χ1n) is 11.5. The molecule has 4 atom stereocenters. The first kappa shape index (κ1) is 20.4. The van der Waals surface area contributed by atoms with Gasteiger partial charge in [-0.05, 0) is 85.0 Å². The highest BCUT2D eigenvalue weighted by Crippen LogP contribution is 2.64. The van der Waals surface area contributed by atoms with Crippen LogP contribution in [0.15, 0.2) is 36.9 Å². The second-order valence-electron chi connectivity index (χ2n) is 11.5. The van der Waals surface area contributed by atoms with Crippen LogP contribution in [0.1, 0.15) is 70.4 Å². The minimum absolute atomic E-state index is 0.199. The van der Waals surface area contributed by atoms with Gasteiger partial charge in [0.1, 0.15) is 0 Å². The van der Waals surface area contributed by atoms with Gasteiger partial charge in [-0.3, -0.25) is 0 Å². The summed E-state index contributed by atoms with van der Waals surface area (Å²) in [6.07, 6.45) is 11.6. The molecule has 0 unspecified atom stereocenters. The summed E-state index contributed by atoms with van der Waals surface area (Å²) in [5.41, 5.74) is 3.78. The van der Waals surface area contributed by atoms with E-state index in [0.29, 0.717) is 10.5 Å². The van der Waals surface area contributed by atoms with Gasteiger partial charge in [-0.2, -0.15) is 0 Å². The second kappa shape index (κ2) is 6.84. The Balaban J connectivity index is 1.64. The lowest BCUT2D eigenvalue weighted by Gasteiger charge is -2.57. The minimum Gasteiger partial charge on any atom is -0.416 e. The van der Waals surface area contributed by atoms with Gasteiger partial charge in [0.05, 0.1) is 0 Å². The van der Waals surface area contributed by atoms with Gasteiger partial charge in [0.15, 0.2) is 8.32 Å². The first-order valence-corrected chi connectivity index (χ1v) is 14.4. The largest absolute Gasteiger partial charge is 0.416 e. The lowest BCUT2D eigenvalue weighted by Crippen LogP contribution is -2.53. The molecule has 154 valence electrons. The van der Waals surface area contributed by atoms with E-state index < -0.39 is 8.32 Å². The Morgan fingerprint density at radius 2 is 1.86 bits per heavy atom. The van der Waals surface area contributed by atoms with Crippen molar-refractivity contribution in [1.82, 2.24) is 0 Å². The normalized spacial score (nSPS) is 35.0. The van der Waals surface area contributed by atoms with Gasteiger partial charge < -0.3 is 4.43 Å². The summed E-state index contributed by atoms with van der Waals surface area (Å²) < 4.78 is 6.87. The standard InChI is InChI=1S/C26H40OSi/c1-7-26-18-17-25(19-27-28(5,6)24(2,3)4)16-10-13-22(25)23(26)15-14-20-11-8-9-12-21(20)26/h7-9,11-12,22-23H,1,10,13-19H2,2-6H3/t22-,23-,25-,26+/m0/s1. The molecule has 28 heavy (non-hydrogen) atoms. The van der Waals surface area contributed by atoms with Crippen molar-refractivity contribution in [2.45, 2.75) is 89.3 Å². The minimum atomic E-state index is -1.70. The molecule has 2 fully saturated rings. The molecule has 0 amide bonds. The van der Waals surface area contributed by atoms with Crippen LogP contribution >= 0.6 is 0 Å². The Kier molecular flexibility index (Phi) is 4.99. The summed E-state index contributed by atoms with van der Waals surface area (Å²) in [5.74, 6) is 1.55. The summed E-state index contributed by atoms with van der Waals surface area (Å²) >= 11 is 0. The van der Waals surface area contributed by atoms with Crippen LogP contribution in [0, 0.1) is 17.3 Å². The zero-order valence-electron chi connectivity index (χ0n) is 18.8. The number of aryl methyl sites for hydroxylation is 1. The highest BCUT2D eigenvalue weighted by atomic mass is 28.4. The zero-order valence-corrected chi connectivity index (χ0v) is 19.8. The number of rotatable bonds is 4.